The molecule has 1 aliphatic heterocycles. The number of benzene rings is 1. The highest BCUT2D eigenvalue weighted by atomic mass is 35.5. The molecule has 0 amide bonds. The average Bonchev–Trinajstić information content (AvgIpc) is 2.73. The molecule has 0 unspecified atom stereocenters. The molecular formula is C13H17Cl2NO. The highest BCUT2D eigenvalue weighted by molar-refractivity contribution is 6.42. The summed E-state index contributed by atoms with van der Waals surface area (Å²) in [5.41, 5.74) is 1.11. The van der Waals surface area contributed by atoms with Gasteiger partial charge in [0.15, 0.2) is 0 Å². The third-order valence-electron chi connectivity index (χ3n) is 3.20. The molecule has 1 aromatic rings. The van der Waals surface area contributed by atoms with Crippen LogP contribution in [0.5, 0.6) is 0 Å². The molecule has 0 spiro atoms. The third kappa shape index (κ3) is 3.35. The average molecular weight is 274 g/mol. The lowest BCUT2D eigenvalue weighted by atomic mass is 10.1. The Balaban J connectivity index is 1.96. The Hall–Kier alpha value is -0.280. The van der Waals surface area contributed by atoms with Gasteiger partial charge in [-0.15, -0.1) is 0 Å². The molecule has 94 valence electrons. The van der Waals surface area contributed by atoms with E-state index in [2.05, 4.69) is 4.90 Å². The monoisotopic (exact) mass is 273 g/mol. The Morgan fingerprint density at radius 3 is 3.00 bits per heavy atom. The molecule has 4 heteroatoms. The van der Waals surface area contributed by atoms with E-state index >= 15 is 0 Å². The Labute approximate surface area is 112 Å². The van der Waals surface area contributed by atoms with E-state index < -0.39 is 0 Å². The van der Waals surface area contributed by atoms with Gasteiger partial charge in [0.05, 0.1) is 16.7 Å². The van der Waals surface area contributed by atoms with Crippen molar-refractivity contribution in [3.63, 3.8) is 0 Å². The first kappa shape index (κ1) is 13.2. The summed E-state index contributed by atoms with van der Waals surface area (Å²) >= 11 is 12.2. The van der Waals surface area contributed by atoms with Crippen molar-refractivity contribution in [3.05, 3.63) is 33.8 Å². The number of rotatable bonds is 4. The van der Waals surface area contributed by atoms with Crippen LogP contribution in [0.4, 0.5) is 0 Å². The van der Waals surface area contributed by atoms with Crippen molar-refractivity contribution in [2.24, 2.45) is 5.92 Å². The van der Waals surface area contributed by atoms with Crippen molar-refractivity contribution in [2.45, 2.75) is 13.0 Å². The topological polar surface area (TPSA) is 12.5 Å². The maximum absolute atomic E-state index is 6.19. The summed E-state index contributed by atoms with van der Waals surface area (Å²) in [7, 11) is 1.76. The molecule has 1 saturated heterocycles. The molecule has 1 atom stereocenters. The number of hydrogen-bond donors (Lipinski definition) is 0. The molecule has 1 fully saturated rings. The van der Waals surface area contributed by atoms with E-state index in [1.165, 1.54) is 6.42 Å². The number of halogens is 2. The summed E-state index contributed by atoms with van der Waals surface area (Å²) in [6, 6.07) is 5.81. The van der Waals surface area contributed by atoms with E-state index in [0.717, 1.165) is 31.8 Å². The van der Waals surface area contributed by atoms with Crippen LogP contribution in [0.2, 0.25) is 10.0 Å². The van der Waals surface area contributed by atoms with Gasteiger partial charge in [0.1, 0.15) is 0 Å². The van der Waals surface area contributed by atoms with Crippen molar-refractivity contribution < 1.29 is 4.74 Å². The zero-order chi connectivity index (χ0) is 12.3. The maximum atomic E-state index is 6.19. The summed E-state index contributed by atoms with van der Waals surface area (Å²) in [5.74, 6) is 0.651. The summed E-state index contributed by atoms with van der Waals surface area (Å²) < 4.78 is 5.19. The van der Waals surface area contributed by atoms with Gasteiger partial charge in [0, 0.05) is 20.2 Å². The standard InChI is InChI=1S/C13H17Cl2NO/c1-17-9-10-5-6-16(7-10)8-11-3-2-4-12(14)13(11)15/h2-4,10H,5-9H2,1H3/t10-/m1/s1. The third-order valence-corrected chi connectivity index (χ3v) is 4.06. The molecule has 1 aromatic carbocycles. The molecule has 0 radical (unpaired) electrons. The minimum atomic E-state index is 0.636. The summed E-state index contributed by atoms with van der Waals surface area (Å²) in [5, 5.41) is 1.32. The number of nitrogens with zero attached hydrogens (tertiary/aromatic N) is 1. The highest BCUT2D eigenvalue weighted by Crippen LogP contribution is 2.28. The Morgan fingerprint density at radius 1 is 1.41 bits per heavy atom. The second kappa shape index (κ2) is 6.05. The first-order valence-electron chi connectivity index (χ1n) is 5.85. The fraction of sp³-hybridized carbons (Fsp3) is 0.538. The molecule has 0 bridgehead atoms. The predicted octanol–water partition coefficient (Wildman–Crippen LogP) is 3.46. The lowest BCUT2D eigenvalue weighted by Gasteiger charge is -2.17. The van der Waals surface area contributed by atoms with Gasteiger partial charge in [-0.25, -0.2) is 0 Å². The van der Waals surface area contributed by atoms with Crippen LogP contribution in [0.25, 0.3) is 0 Å². The summed E-state index contributed by atoms with van der Waals surface area (Å²) in [4.78, 5) is 2.40. The quantitative estimate of drug-likeness (QED) is 0.833. The van der Waals surface area contributed by atoms with Gasteiger partial charge in [-0.3, -0.25) is 4.90 Å². The smallest absolute Gasteiger partial charge is 0.0637 e. The Kier molecular flexibility index (Phi) is 4.69. The van der Waals surface area contributed by atoms with Crippen LogP contribution < -0.4 is 0 Å². The van der Waals surface area contributed by atoms with Crippen LogP contribution >= 0.6 is 23.2 Å². The molecule has 1 heterocycles. The second-order valence-corrected chi connectivity index (χ2v) is 5.34. The molecule has 0 aromatic heterocycles. The van der Waals surface area contributed by atoms with Crippen molar-refractivity contribution in [3.8, 4) is 0 Å². The van der Waals surface area contributed by atoms with Crippen LogP contribution in [0.1, 0.15) is 12.0 Å². The van der Waals surface area contributed by atoms with Crippen LogP contribution in [-0.4, -0.2) is 31.7 Å². The fourth-order valence-electron chi connectivity index (χ4n) is 2.34. The minimum Gasteiger partial charge on any atom is -0.384 e. The van der Waals surface area contributed by atoms with Gasteiger partial charge in [-0.1, -0.05) is 35.3 Å². The van der Waals surface area contributed by atoms with Gasteiger partial charge in [-0.05, 0) is 30.5 Å². The van der Waals surface area contributed by atoms with Crippen molar-refractivity contribution in [1.29, 1.82) is 0 Å². The summed E-state index contributed by atoms with van der Waals surface area (Å²) in [6.45, 7) is 3.91. The second-order valence-electron chi connectivity index (χ2n) is 4.56. The van der Waals surface area contributed by atoms with E-state index in [0.29, 0.717) is 16.0 Å². The van der Waals surface area contributed by atoms with Crippen LogP contribution in [-0.2, 0) is 11.3 Å². The number of methoxy groups -OCH3 is 1. The molecule has 2 rings (SSSR count). The van der Waals surface area contributed by atoms with Crippen LogP contribution in [0.15, 0.2) is 18.2 Å². The van der Waals surface area contributed by atoms with E-state index in [4.69, 9.17) is 27.9 Å². The number of hydrogen-bond acceptors (Lipinski definition) is 2. The highest BCUT2D eigenvalue weighted by Gasteiger charge is 2.22. The van der Waals surface area contributed by atoms with E-state index in [-0.39, 0.29) is 0 Å². The SMILES string of the molecule is COC[C@@H]1CCN(Cc2cccc(Cl)c2Cl)C1. The van der Waals surface area contributed by atoms with Gasteiger partial charge in [0.2, 0.25) is 0 Å². The lowest BCUT2D eigenvalue weighted by molar-refractivity contribution is 0.152. The van der Waals surface area contributed by atoms with E-state index in [1.54, 1.807) is 7.11 Å². The number of likely N-dealkylation sites (tertiary alicyclic amines) is 1. The first-order chi connectivity index (χ1) is 8.20. The lowest BCUT2D eigenvalue weighted by Crippen LogP contribution is -2.21. The van der Waals surface area contributed by atoms with Gasteiger partial charge >= 0.3 is 0 Å². The van der Waals surface area contributed by atoms with E-state index in [9.17, 15) is 0 Å². The van der Waals surface area contributed by atoms with Crippen molar-refractivity contribution in [1.82, 2.24) is 4.90 Å². The van der Waals surface area contributed by atoms with Crippen molar-refractivity contribution >= 4 is 23.2 Å². The Bertz CT molecular complexity index is 384. The van der Waals surface area contributed by atoms with Gasteiger partial charge < -0.3 is 4.74 Å². The molecule has 0 N–H and O–H groups in total. The minimum absolute atomic E-state index is 0.636. The summed E-state index contributed by atoms with van der Waals surface area (Å²) in [6.07, 6.45) is 1.20. The van der Waals surface area contributed by atoms with Crippen LogP contribution in [0, 0.1) is 5.92 Å². The molecule has 1 aliphatic rings. The normalized spacial score (nSPS) is 21.0. The maximum Gasteiger partial charge on any atom is 0.0637 e. The van der Waals surface area contributed by atoms with Gasteiger partial charge in [-0.2, -0.15) is 0 Å². The largest absolute Gasteiger partial charge is 0.384 e. The molecule has 0 saturated carbocycles. The molecule has 0 aliphatic carbocycles. The number of ether oxygens (including phenoxy) is 1. The zero-order valence-corrected chi connectivity index (χ0v) is 11.5. The van der Waals surface area contributed by atoms with Gasteiger partial charge in [0.25, 0.3) is 0 Å². The Morgan fingerprint density at radius 2 is 2.24 bits per heavy atom. The zero-order valence-electron chi connectivity index (χ0n) is 9.96. The molecular weight excluding hydrogens is 257 g/mol. The van der Waals surface area contributed by atoms with E-state index in [1.807, 2.05) is 18.2 Å². The van der Waals surface area contributed by atoms with Crippen molar-refractivity contribution in [2.75, 3.05) is 26.8 Å². The predicted molar refractivity (Wildman–Crippen MR) is 71.7 cm³/mol. The molecule has 2 nitrogen and oxygen atoms in total. The fourth-order valence-corrected chi connectivity index (χ4v) is 2.72. The first-order valence-corrected chi connectivity index (χ1v) is 6.60. The van der Waals surface area contributed by atoms with Crippen LogP contribution in [0.3, 0.4) is 0 Å². The molecule has 17 heavy (non-hydrogen) atoms.